The van der Waals surface area contributed by atoms with Crippen LogP contribution in [0.2, 0.25) is 18.1 Å². The van der Waals surface area contributed by atoms with Crippen LogP contribution in [0.15, 0.2) is 30.3 Å². The monoisotopic (exact) mass is 278 g/mol. The second kappa shape index (κ2) is 6.50. The van der Waals surface area contributed by atoms with Crippen LogP contribution in [0.3, 0.4) is 0 Å². The van der Waals surface area contributed by atoms with Crippen molar-refractivity contribution in [3.8, 4) is 0 Å². The highest BCUT2D eigenvalue weighted by atomic mass is 28.4. The molecule has 0 radical (unpaired) electrons. The summed E-state index contributed by atoms with van der Waals surface area (Å²) in [7, 11) is -1.67. The Labute approximate surface area is 118 Å². The topological polar surface area (TPSA) is 29.5 Å². The molecule has 0 aliphatic carbocycles. The quantitative estimate of drug-likeness (QED) is 0.817. The smallest absolute Gasteiger partial charge is 0.192 e. The van der Waals surface area contributed by atoms with Gasteiger partial charge >= 0.3 is 0 Å². The number of hydrogen-bond acceptors (Lipinski definition) is 2. The van der Waals surface area contributed by atoms with E-state index < -0.39 is 8.32 Å². The summed E-state index contributed by atoms with van der Waals surface area (Å²) in [4.78, 5) is 0. The first-order valence-corrected chi connectivity index (χ1v) is 9.67. The molecule has 1 rings (SSSR count). The van der Waals surface area contributed by atoms with E-state index in [4.69, 9.17) is 9.53 Å². The largest absolute Gasteiger partial charge is 0.413 e. The van der Waals surface area contributed by atoms with Crippen LogP contribution in [-0.2, 0) is 11.0 Å². The molecule has 0 amide bonds. The Morgan fingerprint density at radius 2 is 1.74 bits per heavy atom. The Morgan fingerprint density at radius 1 is 1.16 bits per heavy atom. The van der Waals surface area contributed by atoms with Gasteiger partial charge in [0.25, 0.3) is 0 Å². The fourth-order valence-electron chi connectivity index (χ4n) is 1.39. The molecule has 0 aliphatic rings. The van der Waals surface area contributed by atoms with Crippen molar-refractivity contribution in [2.24, 2.45) is 0 Å². The molecule has 0 bridgehead atoms. The van der Waals surface area contributed by atoms with Crippen LogP contribution >= 0.6 is 0 Å². The Kier molecular flexibility index (Phi) is 5.53. The van der Waals surface area contributed by atoms with Gasteiger partial charge in [-0.05, 0) is 29.3 Å². The Balaban J connectivity index is 2.62. The third kappa shape index (κ3) is 4.94. The summed E-state index contributed by atoms with van der Waals surface area (Å²) < 4.78 is 6.18. The van der Waals surface area contributed by atoms with Crippen LogP contribution < -0.4 is 0 Å². The molecule has 3 heteroatoms. The molecule has 1 aromatic carbocycles. The lowest BCUT2D eigenvalue weighted by Gasteiger charge is -2.36. The van der Waals surface area contributed by atoms with Gasteiger partial charge in [0, 0.05) is 0 Å². The van der Waals surface area contributed by atoms with Gasteiger partial charge in [0.05, 0.1) is 13.2 Å². The fourth-order valence-corrected chi connectivity index (χ4v) is 2.35. The maximum absolute atomic E-state index is 8.73. The first-order valence-electron chi connectivity index (χ1n) is 6.76. The summed E-state index contributed by atoms with van der Waals surface area (Å²) in [6.45, 7) is 12.1. The Hall–Kier alpha value is -0.903. The summed E-state index contributed by atoms with van der Waals surface area (Å²) in [5.41, 5.74) is 2.30. The molecule has 2 nitrogen and oxygen atoms in total. The number of aliphatic hydroxyl groups is 1. The van der Waals surface area contributed by atoms with Crippen molar-refractivity contribution < 1.29 is 9.53 Å². The molecule has 1 aromatic rings. The van der Waals surface area contributed by atoms with Crippen LogP contribution in [0.5, 0.6) is 0 Å². The predicted octanol–water partition coefficient (Wildman–Crippen LogP) is 4.21. The minimum atomic E-state index is -1.67. The first-order chi connectivity index (χ1) is 8.76. The van der Waals surface area contributed by atoms with Gasteiger partial charge in [-0.1, -0.05) is 57.2 Å². The van der Waals surface area contributed by atoms with Crippen molar-refractivity contribution in [1.29, 1.82) is 0 Å². The lowest BCUT2D eigenvalue weighted by molar-refractivity contribution is 0.276. The average Bonchev–Trinajstić information content (AvgIpc) is 2.34. The second-order valence-electron chi connectivity index (χ2n) is 6.38. The molecule has 0 saturated heterocycles. The van der Waals surface area contributed by atoms with E-state index in [2.05, 4.69) is 58.1 Å². The summed E-state index contributed by atoms with van der Waals surface area (Å²) in [5, 5.41) is 8.98. The molecule has 0 spiro atoms. The van der Waals surface area contributed by atoms with Crippen molar-refractivity contribution in [1.82, 2.24) is 0 Å². The minimum Gasteiger partial charge on any atom is -0.413 e. The van der Waals surface area contributed by atoms with Crippen LogP contribution in [0.1, 0.15) is 31.9 Å². The summed E-state index contributed by atoms with van der Waals surface area (Å²) in [6.07, 6.45) is 3.65. The van der Waals surface area contributed by atoms with Crippen molar-refractivity contribution >= 4 is 14.4 Å². The van der Waals surface area contributed by atoms with Crippen LogP contribution in [0.25, 0.3) is 6.08 Å². The van der Waals surface area contributed by atoms with Crippen molar-refractivity contribution in [3.05, 3.63) is 41.5 Å². The van der Waals surface area contributed by atoms with Crippen LogP contribution in [0.4, 0.5) is 0 Å². The molecule has 0 fully saturated rings. The van der Waals surface area contributed by atoms with E-state index >= 15 is 0 Å². The zero-order chi connectivity index (χ0) is 14.5. The highest BCUT2D eigenvalue weighted by Crippen LogP contribution is 2.37. The van der Waals surface area contributed by atoms with Crippen LogP contribution in [0, 0.1) is 0 Å². The van der Waals surface area contributed by atoms with Gasteiger partial charge in [-0.15, -0.1) is 0 Å². The zero-order valence-electron chi connectivity index (χ0n) is 12.7. The summed E-state index contributed by atoms with van der Waals surface area (Å²) >= 11 is 0. The molecule has 0 aliphatic heterocycles. The second-order valence-corrected chi connectivity index (χ2v) is 11.2. The number of hydrogen-bond donors (Lipinski definition) is 1. The lowest BCUT2D eigenvalue weighted by atomic mass is 10.1. The van der Waals surface area contributed by atoms with E-state index in [0.29, 0.717) is 6.61 Å². The number of aliphatic hydroxyl groups excluding tert-OH is 1. The van der Waals surface area contributed by atoms with Gasteiger partial charge in [0.1, 0.15) is 0 Å². The first kappa shape index (κ1) is 16.2. The summed E-state index contributed by atoms with van der Waals surface area (Å²) in [5.74, 6) is 0. The van der Waals surface area contributed by atoms with E-state index in [9.17, 15) is 0 Å². The Morgan fingerprint density at radius 3 is 2.21 bits per heavy atom. The average molecular weight is 278 g/mol. The van der Waals surface area contributed by atoms with Gasteiger partial charge < -0.3 is 9.53 Å². The van der Waals surface area contributed by atoms with Gasteiger partial charge in [0.2, 0.25) is 0 Å². The van der Waals surface area contributed by atoms with E-state index in [0.717, 1.165) is 5.56 Å². The molecule has 1 N–H and O–H groups in total. The number of benzene rings is 1. The van der Waals surface area contributed by atoms with Crippen molar-refractivity contribution in [2.75, 3.05) is 6.61 Å². The predicted molar refractivity (Wildman–Crippen MR) is 84.5 cm³/mol. The molecule has 0 heterocycles. The van der Waals surface area contributed by atoms with E-state index in [1.165, 1.54) is 5.56 Å². The SMILES string of the molecule is CC(C)(C)[Si](C)(C)OCc1ccc(/C=C/CO)cc1. The minimum absolute atomic E-state index is 0.0796. The van der Waals surface area contributed by atoms with E-state index in [1.54, 1.807) is 6.08 Å². The van der Waals surface area contributed by atoms with Crippen LogP contribution in [-0.4, -0.2) is 20.0 Å². The normalized spacial score (nSPS) is 13.2. The number of rotatable bonds is 5. The molecule has 0 unspecified atom stereocenters. The van der Waals surface area contributed by atoms with E-state index in [-0.39, 0.29) is 11.6 Å². The van der Waals surface area contributed by atoms with Gasteiger partial charge in [-0.3, -0.25) is 0 Å². The molecule has 19 heavy (non-hydrogen) atoms. The highest BCUT2D eigenvalue weighted by molar-refractivity contribution is 6.74. The van der Waals surface area contributed by atoms with Gasteiger partial charge in [-0.2, -0.15) is 0 Å². The standard InChI is InChI=1S/C16H26O2Si/c1-16(2,3)19(4,5)18-13-15-10-8-14(9-11-15)7-6-12-17/h6-11,17H,12-13H2,1-5H3/b7-6+. The van der Waals surface area contributed by atoms with Gasteiger partial charge in [0.15, 0.2) is 8.32 Å². The van der Waals surface area contributed by atoms with E-state index in [1.807, 2.05) is 6.08 Å². The molecule has 0 saturated carbocycles. The molecular formula is C16H26O2Si. The zero-order valence-corrected chi connectivity index (χ0v) is 13.7. The van der Waals surface area contributed by atoms with Crippen molar-refractivity contribution in [2.45, 2.75) is 45.5 Å². The molecular weight excluding hydrogens is 252 g/mol. The third-order valence-corrected chi connectivity index (χ3v) is 8.28. The highest BCUT2D eigenvalue weighted by Gasteiger charge is 2.36. The maximum Gasteiger partial charge on any atom is 0.192 e. The maximum atomic E-state index is 8.73. The Bertz CT molecular complexity index is 413. The molecule has 0 aromatic heterocycles. The third-order valence-electron chi connectivity index (χ3n) is 3.80. The molecule has 0 atom stereocenters. The molecule has 106 valence electrons. The van der Waals surface area contributed by atoms with Crippen molar-refractivity contribution in [3.63, 3.8) is 0 Å². The summed E-state index contributed by atoms with van der Waals surface area (Å²) in [6, 6.07) is 8.28. The fraction of sp³-hybridized carbons (Fsp3) is 0.500. The van der Waals surface area contributed by atoms with Gasteiger partial charge in [-0.25, -0.2) is 0 Å². The lowest BCUT2D eigenvalue weighted by Crippen LogP contribution is -2.40.